The molecule has 3 aromatic rings. The summed E-state index contributed by atoms with van der Waals surface area (Å²) in [6.07, 6.45) is 1.50. The first-order chi connectivity index (χ1) is 12.8. The molecule has 0 saturated heterocycles. The third-order valence-electron chi connectivity index (χ3n) is 4.47. The summed E-state index contributed by atoms with van der Waals surface area (Å²) in [5.74, 6) is 0.164. The lowest BCUT2D eigenvalue weighted by Crippen LogP contribution is -2.08. The zero-order chi connectivity index (χ0) is 19.7. The van der Waals surface area contributed by atoms with Crippen LogP contribution in [0.25, 0.3) is 0 Å². The van der Waals surface area contributed by atoms with Crippen molar-refractivity contribution in [2.45, 2.75) is 27.4 Å². The second-order valence-electron chi connectivity index (χ2n) is 6.58. The van der Waals surface area contributed by atoms with Gasteiger partial charge in [0.1, 0.15) is 12.2 Å². The highest BCUT2D eigenvalue weighted by Crippen LogP contribution is 2.33. The number of carbonyl (C=O) groups is 1. The van der Waals surface area contributed by atoms with E-state index in [1.54, 1.807) is 24.7 Å². The molecule has 0 spiro atoms. The van der Waals surface area contributed by atoms with Gasteiger partial charge in [0.2, 0.25) is 11.7 Å². The van der Waals surface area contributed by atoms with Crippen molar-refractivity contribution in [1.82, 2.24) is 9.78 Å². The topological polar surface area (TPSA) is 44.1 Å². The van der Waals surface area contributed by atoms with Gasteiger partial charge < -0.3 is 4.74 Å². The summed E-state index contributed by atoms with van der Waals surface area (Å²) in [7, 11) is 1.74. The number of ketones is 1. The van der Waals surface area contributed by atoms with Gasteiger partial charge in [0.05, 0.1) is 11.2 Å². The highest BCUT2D eigenvalue weighted by molar-refractivity contribution is 6.39. The minimum Gasteiger partial charge on any atom is -0.472 e. The average Bonchev–Trinajstić information content (AvgIpc) is 3.02. The number of hydrogen-bond acceptors (Lipinski definition) is 3. The van der Waals surface area contributed by atoms with E-state index in [1.807, 2.05) is 38.1 Å². The smallest absolute Gasteiger partial charge is 0.223 e. The van der Waals surface area contributed by atoms with Crippen molar-refractivity contribution in [2.24, 2.45) is 7.05 Å². The van der Waals surface area contributed by atoms with E-state index in [0.29, 0.717) is 39.2 Å². The van der Waals surface area contributed by atoms with E-state index in [2.05, 4.69) is 5.10 Å². The molecule has 3 rings (SSSR count). The molecule has 0 radical (unpaired) electrons. The van der Waals surface area contributed by atoms with E-state index in [1.165, 1.54) is 11.8 Å². The van der Waals surface area contributed by atoms with Gasteiger partial charge in [0.25, 0.3) is 0 Å². The summed E-state index contributed by atoms with van der Waals surface area (Å²) in [6.45, 7) is 6.02. The largest absolute Gasteiger partial charge is 0.472 e. The van der Waals surface area contributed by atoms with Gasteiger partial charge in [-0.15, -0.1) is 0 Å². The lowest BCUT2D eigenvalue weighted by atomic mass is 10.0. The Hall–Kier alpha value is -2.30. The van der Waals surface area contributed by atoms with Gasteiger partial charge in [-0.05, 0) is 43.5 Å². The first-order valence-corrected chi connectivity index (χ1v) is 9.25. The van der Waals surface area contributed by atoms with Crippen LogP contribution in [0, 0.1) is 20.8 Å². The Balaban J connectivity index is 1.92. The molecular formula is C21H20Cl2N2O2. The second-order valence-corrected chi connectivity index (χ2v) is 7.34. The first kappa shape index (κ1) is 19.5. The maximum absolute atomic E-state index is 13.1. The Morgan fingerprint density at radius 3 is 2.41 bits per heavy atom. The second kappa shape index (κ2) is 7.75. The SMILES string of the molecule is Cc1ccc(COc2c(C(=O)c3cc(C)c(Cl)c(C)c3Cl)cnn2C)cc1. The molecule has 1 heterocycles. The first-order valence-electron chi connectivity index (χ1n) is 8.49. The molecule has 0 aliphatic carbocycles. The minimum atomic E-state index is -0.241. The number of hydrogen-bond donors (Lipinski definition) is 0. The van der Waals surface area contributed by atoms with E-state index in [4.69, 9.17) is 27.9 Å². The zero-order valence-corrected chi connectivity index (χ0v) is 17.1. The van der Waals surface area contributed by atoms with E-state index in [-0.39, 0.29) is 5.78 Å². The summed E-state index contributed by atoms with van der Waals surface area (Å²) in [4.78, 5) is 13.1. The predicted molar refractivity (Wildman–Crippen MR) is 108 cm³/mol. The van der Waals surface area contributed by atoms with E-state index >= 15 is 0 Å². The monoisotopic (exact) mass is 402 g/mol. The summed E-state index contributed by atoms with van der Waals surface area (Å²) < 4.78 is 7.46. The van der Waals surface area contributed by atoms with Gasteiger partial charge in [-0.25, -0.2) is 4.68 Å². The molecule has 0 unspecified atom stereocenters. The molecule has 6 heteroatoms. The lowest BCUT2D eigenvalue weighted by Gasteiger charge is -2.12. The molecule has 1 aromatic heterocycles. The van der Waals surface area contributed by atoms with Crippen LogP contribution in [-0.2, 0) is 13.7 Å². The van der Waals surface area contributed by atoms with Crippen LogP contribution in [-0.4, -0.2) is 15.6 Å². The molecule has 2 aromatic carbocycles. The Bertz CT molecular complexity index is 1010. The normalized spacial score (nSPS) is 10.9. The molecule has 0 aliphatic heterocycles. The van der Waals surface area contributed by atoms with E-state index < -0.39 is 0 Å². The van der Waals surface area contributed by atoms with Crippen LogP contribution in [0.4, 0.5) is 0 Å². The van der Waals surface area contributed by atoms with Gasteiger partial charge >= 0.3 is 0 Å². The zero-order valence-electron chi connectivity index (χ0n) is 15.6. The Morgan fingerprint density at radius 2 is 1.74 bits per heavy atom. The fraction of sp³-hybridized carbons (Fsp3) is 0.238. The third-order valence-corrected chi connectivity index (χ3v) is 5.54. The van der Waals surface area contributed by atoms with Crippen molar-refractivity contribution < 1.29 is 9.53 Å². The maximum Gasteiger partial charge on any atom is 0.223 e. The van der Waals surface area contributed by atoms with Crippen molar-refractivity contribution in [3.63, 3.8) is 0 Å². The van der Waals surface area contributed by atoms with E-state index in [0.717, 1.165) is 11.1 Å². The fourth-order valence-corrected chi connectivity index (χ4v) is 3.27. The number of carbonyl (C=O) groups excluding carboxylic acids is 1. The van der Waals surface area contributed by atoms with Gasteiger partial charge in [-0.1, -0.05) is 53.0 Å². The number of halogens is 2. The summed E-state index contributed by atoms with van der Waals surface area (Å²) in [6, 6.07) is 9.74. The Labute approximate surface area is 168 Å². The van der Waals surface area contributed by atoms with Crippen LogP contribution in [0.5, 0.6) is 5.88 Å². The fourth-order valence-electron chi connectivity index (χ4n) is 2.84. The summed E-state index contributed by atoms with van der Waals surface area (Å²) >= 11 is 12.6. The number of aryl methyl sites for hydroxylation is 3. The van der Waals surface area contributed by atoms with Crippen LogP contribution >= 0.6 is 23.2 Å². The van der Waals surface area contributed by atoms with Crippen LogP contribution in [0.1, 0.15) is 38.2 Å². The van der Waals surface area contributed by atoms with Crippen LogP contribution < -0.4 is 4.74 Å². The number of aromatic nitrogens is 2. The third kappa shape index (κ3) is 3.87. The molecule has 27 heavy (non-hydrogen) atoms. The average molecular weight is 403 g/mol. The minimum absolute atomic E-state index is 0.241. The number of ether oxygens (including phenoxy) is 1. The van der Waals surface area contributed by atoms with Crippen molar-refractivity contribution in [2.75, 3.05) is 0 Å². The quantitative estimate of drug-likeness (QED) is 0.532. The molecule has 0 saturated carbocycles. The lowest BCUT2D eigenvalue weighted by molar-refractivity contribution is 0.103. The van der Waals surface area contributed by atoms with Crippen LogP contribution in [0.15, 0.2) is 36.5 Å². The van der Waals surface area contributed by atoms with Crippen LogP contribution in [0.2, 0.25) is 10.0 Å². The Kier molecular flexibility index (Phi) is 5.59. The van der Waals surface area contributed by atoms with Gasteiger partial charge in [0, 0.05) is 17.6 Å². The Morgan fingerprint density at radius 1 is 1.07 bits per heavy atom. The molecular weight excluding hydrogens is 383 g/mol. The molecule has 140 valence electrons. The number of nitrogens with zero attached hydrogens (tertiary/aromatic N) is 2. The molecule has 0 atom stereocenters. The maximum atomic E-state index is 13.1. The molecule has 0 bridgehead atoms. The summed E-state index contributed by atoms with van der Waals surface area (Å²) in [5.41, 5.74) is 4.44. The number of benzene rings is 2. The number of rotatable bonds is 5. The predicted octanol–water partition coefficient (Wildman–Crippen LogP) is 5.46. The standard InChI is InChI=1S/C21H20Cl2N2O2/c1-12-5-7-15(8-6-12)11-27-21-17(10-24-25(21)4)20(26)16-9-13(2)18(22)14(3)19(16)23/h5-10H,11H2,1-4H3. The van der Waals surface area contributed by atoms with Crippen LogP contribution in [0.3, 0.4) is 0 Å². The van der Waals surface area contributed by atoms with Crippen molar-refractivity contribution in [3.8, 4) is 5.88 Å². The van der Waals surface area contributed by atoms with Crippen molar-refractivity contribution in [1.29, 1.82) is 0 Å². The molecule has 4 nitrogen and oxygen atoms in total. The molecule has 0 amide bonds. The molecule has 0 fully saturated rings. The highest BCUT2D eigenvalue weighted by Gasteiger charge is 2.23. The van der Waals surface area contributed by atoms with Crippen molar-refractivity contribution in [3.05, 3.63) is 80.0 Å². The van der Waals surface area contributed by atoms with E-state index in [9.17, 15) is 4.79 Å². The van der Waals surface area contributed by atoms with Gasteiger partial charge in [0.15, 0.2) is 0 Å². The highest BCUT2D eigenvalue weighted by atomic mass is 35.5. The van der Waals surface area contributed by atoms with Gasteiger partial charge in [-0.2, -0.15) is 5.10 Å². The van der Waals surface area contributed by atoms with Crippen molar-refractivity contribution >= 4 is 29.0 Å². The molecule has 0 aliphatic rings. The molecule has 0 N–H and O–H groups in total. The van der Waals surface area contributed by atoms with Gasteiger partial charge in [-0.3, -0.25) is 4.79 Å². The summed E-state index contributed by atoms with van der Waals surface area (Å²) in [5, 5.41) is 5.10.